The maximum Gasteiger partial charge on any atom is 0.407 e. The van der Waals surface area contributed by atoms with Crippen LogP contribution in [0.1, 0.15) is 81.6 Å². The number of nitrogens with one attached hydrogen (secondary N) is 3. The minimum Gasteiger partial charge on any atom is -0.458 e. The van der Waals surface area contributed by atoms with E-state index in [9.17, 15) is 19.2 Å². The molecule has 0 fully saturated rings. The highest BCUT2D eigenvalue weighted by atomic mass is 35.5. The SMILES string of the molecule is CC1=CC[C@@H]([C@@H](C)/C=C(C)/C=C\C=C/C(=O)N[C@H](C(=O)N/C=C\C[C@H](C/C=C(\C)Cl)OC(=O)NC(C)C)C(C)(C)C)OC1=O. The van der Waals surface area contributed by atoms with Crippen molar-refractivity contribution >= 4 is 35.5 Å². The Labute approximate surface area is 267 Å². The molecule has 1 aliphatic heterocycles. The number of cyclic esters (lactones) is 1. The molecule has 244 valence electrons. The first kappa shape index (κ1) is 38.4. The first-order valence-corrected chi connectivity index (χ1v) is 15.3. The summed E-state index contributed by atoms with van der Waals surface area (Å²) in [5.41, 5.74) is 1.03. The number of amides is 3. The molecular weight excluding hydrogens is 582 g/mol. The lowest BCUT2D eigenvalue weighted by Gasteiger charge is -2.29. The Balaban J connectivity index is 2.73. The van der Waals surface area contributed by atoms with Crippen molar-refractivity contribution in [3.05, 3.63) is 71.0 Å². The first-order valence-electron chi connectivity index (χ1n) is 15.0. The van der Waals surface area contributed by atoms with Crippen molar-refractivity contribution in [3.8, 4) is 0 Å². The van der Waals surface area contributed by atoms with Crippen LogP contribution in [0.5, 0.6) is 0 Å². The van der Waals surface area contributed by atoms with Gasteiger partial charge in [0, 0.05) is 47.9 Å². The molecule has 1 rings (SSSR count). The number of hydrogen-bond acceptors (Lipinski definition) is 6. The predicted molar refractivity (Wildman–Crippen MR) is 176 cm³/mol. The van der Waals surface area contributed by atoms with Gasteiger partial charge in [-0.05, 0) is 46.2 Å². The van der Waals surface area contributed by atoms with E-state index in [1.54, 1.807) is 38.2 Å². The van der Waals surface area contributed by atoms with Crippen molar-refractivity contribution in [2.45, 2.75) is 106 Å². The fourth-order valence-corrected chi connectivity index (χ4v) is 4.21. The van der Waals surface area contributed by atoms with Crippen LogP contribution in [0.4, 0.5) is 4.79 Å². The summed E-state index contributed by atoms with van der Waals surface area (Å²) in [7, 11) is 0. The number of allylic oxidation sites excluding steroid dienone is 5. The highest BCUT2D eigenvalue weighted by Crippen LogP contribution is 2.22. The van der Waals surface area contributed by atoms with Gasteiger partial charge in [-0.15, -0.1) is 0 Å². The average Bonchev–Trinajstić information content (AvgIpc) is 2.90. The van der Waals surface area contributed by atoms with E-state index in [4.69, 9.17) is 21.1 Å². The lowest BCUT2D eigenvalue weighted by Crippen LogP contribution is -2.52. The third-order valence-electron chi connectivity index (χ3n) is 6.57. The number of halogens is 1. The lowest BCUT2D eigenvalue weighted by molar-refractivity contribution is -0.147. The van der Waals surface area contributed by atoms with Crippen LogP contribution >= 0.6 is 11.6 Å². The highest BCUT2D eigenvalue weighted by Gasteiger charge is 2.32. The molecule has 1 aliphatic rings. The van der Waals surface area contributed by atoms with Crippen LogP contribution in [0.25, 0.3) is 0 Å². The van der Waals surface area contributed by atoms with Crippen LogP contribution in [0.2, 0.25) is 0 Å². The molecule has 0 spiro atoms. The van der Waals surface area contributed by atoms with Crippen LogP contribution in [0.15, 0.2) is 71.0 Å². The molecule has 0 aliphatic carbocycles. The minimum absolute atomic E-state index is 0.0368. The molecule has 0 aromatic heterocycles. The summed E-state index contributed by atoms with van der Waals surface area (Å²) in [4.78, 5) is 49.5. The highest BCUT2D eigenvalue weighted by molar-refractivity contribution is 6.29. The second-order valence-corrected chi connectivity index (χ2v) is 13.0. The maximum absolute atomic E-state index is 13.0. The van der Waals surface area contributed by atoms with E-state index >= 15 is 0 Å². The van der Waals surface area contributed by atoms with Crippen molar-refractivity contribution in [1.82, 2.24) is 16.0 Å². The van der Waals surface area contributed by atoms with Gasteiger partial charge in [-0.3, -0.25) is 9.59 Å². The summed E-state index contributed by atoms with van der Waals surface area (Å²) in [6, 6.07) is -0.871. The van der Waals surface area contributed by atoms with E-state index in [2.05, 4.69) is 16.0 Å². The molecule has 9 nitrogen and oxygen atoms in total. The fourth-order valence-electron chi connectivity index (χ4n) is 4.12. The van der Waals surface area contributed by atoms with Gasteiger partial charge in [0.05, 0.1) is 0 Å². The number of esters is 1. The Morgan fingerprint density at radius 3 is 2.34 bits per heavy atom. The third kappa shape index (κ3) is 15.8. The van der Waals surface area contributed by atoms with E-state index < -0.39 is 29.6 Å². The van der Waals surface area contributed by atoms with E-state index in [1.165, 1.54) is 12.3 Å². The van der Waals surface area contributed by atoms with Crippen LogP contribution in [0, 0.1) is 11.3 Å². The van der Waals surface area contributed by atoms with Gasteiger partial charge < -0.3 is 25.4 Å². The van der Waals surface area contributed by atoms with E-state index in [0.717, 1.165) is 5.57 Å². The second-order valence-electron chi connectivity index (χ2n) is 12.4. The molecule has 44 heavy (non-hydrogen) atoms. The summed E-state index contributed by atoms with van der Waals surface area (Å²) in [6.45, 7) is 16.7. The fraction of sp³-hybridized carbons (Fsp3) is 0.529. The number of hydrogen-bond donors (Lipinski definition) is 3. The standard InChI is InChI=1S/C34H50ClN3O6/c1-22(2)37-33(42)43-27(18-17-26(6)35)14-12-20-36-31(40)30(34(7,8)9)38-29(39)15-11-10-13-23(3)21-25(5)28-19-16-24(4)32(41)44-28/h10-13,15-17,20-22,25,27-28,30H,14,18-19H2,1-9H3,(H,36,40)(H,37,42)(H,38,39)/b13-10-,15-11-,20-12-,23-21+,26-17+/t25-,27+,28-,30+/m0/s1. The predicted octanol–water partition coefficient (Wildman–Crippen LogP) is 6.53. The van der Waals surface area contributed by atoms with Crippen molar-refractivity contribution < 1.29 is 28.7 Å². The van der Waals surface area contributed by atoms with Gasteiger partial charge in [-0.25, -0.2) is 9.59 Å². The van der Waals surface area contributed by atoms with Gasteiger partial charge in [0.1, 0.15) is 18.2 Å². The normalized spacial score (nSPS) is 18.7. The van der Waals surface area contributed by atoms with Crippen molar-refractivity contribution in [2.24, 2.45) is 11.3 Å². The van der Waals surface area contributed by atoms with Gasteiger partial charge in [-0.1, -0.05) is 87.4 Å². The molecule has 0 radical (unpaired) electrons. The van der Waals surface area contributed by atoms with Gasteiger partial charge in [0.25, 0.3) is 0 Å². The van der Waals surface area contributed by atoms with Gasteiger partial charge in [0.2, 0.25) is 11.8 Å². The number of ether oxygens (including phenoxy) is 2. The smallest absolute Gasteiger partial charge is 0.407 e. The molecular formula is C34H50ClN3O6. The zero-order valence-corrected chi connectivity index (χ0v) is 28.3. The largest absolute Gasteiger partial charge is 0.458 e. The molecule has 3 N–H and O–H groups in total. The van der Waals surface area contributed by atoms with E-state index in [1.807, 2.05) is 66.7 Å². The molecule has 0 bridgehead atoms. The van der Waals surface area contributed by atoms with Crippen LogP contribution < -0.4 is 16.0 Å². The van der Waals surface area contributed by atoms with Crippen molar-refractivity contribution in [3.63, 3.8) is 0 Å². The number of carbonyl (C=O) groups is 4. The molecule has 0 aromatic carbocycles. The minimum atomic E-state index is -0.808. The molecule has 0 aromatic rings. The topological polar surface area (TPSA) is 123 Å². The molecule has 1 heterocycles. The number of rotatable bonds is 14. The van der Waals surface area contributed by atoms with Crippen molar-refractivity contribution in [2.75, 3.05) is 0 Å². The number of alkyl carbamates (subject to hydrolysis) is 1. The summed E-state index contributed by atoms with van der Waals surface area (Å²) in [5, 5.41) is 8.78. The van der Waals surface area contributed by atoms with Crippen LogP contribution in [-0.4, -0.2) is 48.2 Å². The van der Waals surface area contributed by atoms with Gasteiger partial charge >= 0.3 is 12.1 Å². The maximum atomic E-state index is 13.0. The molecule has 10 heteroatoms. The van der Waals surface area contributed by atoms with Gasteiger partial charge in [0.15, 0.2) is 0 Å². The Hall–Kier alpha value is -3.59. The third-order valence-corrected chi connectivity index (χ3v) is 6.72. The number of carbonyl (C=O) groups excluding carboxylic acids is 4. The summed E-state index contributed by atoms with van der Waals surface area (Å²) in [5.74, 6) is -1.03. The Bertz CT molecular complexity index is 1190. The molecule has 0 unspecified atom stereocenters. The summed E-state index contributed by atoms with van der Waals surface area (Å²) >= 11 is 5.94. The lowest BCUT2D eigenvalue weighted by atomic mass is 9.86. The zero-order valence-electron chi connectivity index (χ0n) is 27.5. The quantitative estimate of drug-likeness (QED) is 0.114. The summed E-state index contributed by atoms with van der Waals surface area (Å²) in [6.07, 6.45) is 15.7. The molecule has 3 amide bonds. The average molecular weight is 632 g/mol. The van der Waals surface area contributed by atoms with Gasteiger partial charge in [-0.2, -0.15) is 0 Å². The summed E-state index contributed by atoms with van der Waals surface area (Å²) < 4.78 is 11.0. The van der Waals surface area contributed by atoms with E-state index in [-0.39, 0.29) is 29.9 Å². The Morgan fingerprint density at radius 2 is 1.75 bits per heavy atom. The zero-order chi connectivity index (χ0) is 33.4. The molecule has 4 atom stereocenters. The molecule has 0 saturated carbocycles. The first-order chi connectivity index (χ1) is 20.5. The van der Waals surface area contributed by atoms with Crippen molar-refractivity contribution in [1.29, 1.82) is 0 Å². The Kier molecular flexibility index (Phi) is 16.5. The van der Waals surface area contributed by atoms with Crippen LogP contribution in [0.3, 0.4) is 0 Å². The Morgan fingerprint density at radius 1 is 1.09 bits per heavy atom. The van der Waals surface area contributed by atoms with Crippen LogP contribution in [-0.2, 0) is 23.9 Å². The second kappa shape index (κ2) is 18.9. The monoisotopic (exact) mass is 631 g/mol. The molecule has 0 saturated heterocycles. The van der Waals surface area contributed by atoms with E-state index in [0.29, 0.717) is 29.9 Å².